The number of hydrogen-bond donors (Lipinski definition) is 0. The number of aryl methyl sites for hydroxylation is 1. The first-order valence-electron chi connectivity index (χ1n) is 10.8. The first kappa shape index (κ1) is 22.2. The van der Waals surface area contributed by atoms with Crippen LogP contribution in [0.4, 0.5) is 0 Å². The average Bonchev–Trinajstić information content (AvgIpc) is 3.29. The molecule has 0 atom stereocenters. The number of nitrogens with zero attached hydrogens (tertiary/aromatic N) is 5. The van der Waals surface area contributed by atoms with Gasteiger partial charge in [-0.1, -0.05) is 6.92 Å². The minimum absolute atomic E-state index is 0.120. The van der Waals surface area contributed by atoms with Crippen LogP contribution in [0.5, 0.6) is 5.75 Å². The molecular weight excluding hydrogens is 426 g/mol. The Labute approximate surface area is 191 Å². The lowest BCUT2D eigenvalue weighted by Crippen LogP contribution is -2.48. The fourth-order valence-electron chi connectivity index (χ4n) is 3.68. The van der Waals surface area contributed by atoms with Crippen LogP contribution >= 0.6 is 11.3 Å². The Kier molecular flexibility index (Phi) is 6.96. The third-order valence-electron chi connectivity index (χ3n) is 5.45. The van der Waals surface area contributed by atoms with Crippen LogP contribution in [0.1, 0.15) is 29.5 Å². The average molecular weight is 454 g/mol. The van der Waals surface area contributed by atoms with Crippen molar-refractivity contribution >= 4 is 17.2 Å². The van der Waals surface area contributed by atoms with Gasteiger partial charge in [0.2, 0.25) is 0 Å². The van der Waals surface area contributed by atoms with Crippen molar-refractivity contribution in [3.8, 4) is 16.3 Å². The smallest absolute Gasteiger partial charge is 0.274 e. The highest BCUT2D eigenvalue weighted by atomic mass is 32.1. The second-order valence-electron chi connectivity index (χ2n) is 7.72. The summed E-state index contributed by atoms with van der Waals surface area (Å²) in [5.41, 5.74) is 2.27. The summed E-state index contributed by atoms with van der Waals surface area (Å²) < 4.78 is 6.58. The molecule has 8 nitrogen and oxygen atoms in total. The second-order valence-corrected chi connectivity index (χ2v) is 8.58. The van der Waals surface area contributed by atoms with Crippen LogP contribution in [0.3, 0.4) is 0 Å². The quantitative estimate of drug-likeness (QED) is 0.547. The Hall–Kier alpha value is -3.04. The first-order chi connectivity index (χ1) is 15.6. The number of rotatable bonds is 7. The van der Waals surface area contributed by atoms with Gasteiger partial charge in [-0.05, 0) is 36.8 Å². The molecule has 0 aliphatic carbocycles. The molecular formula is C23H27N5O3S. The summed E-state index contributed by atoms with van der Waals surface area (Å²) in [6.45, 7) is 6.05. The summed E-state index contributed by atoms with van der Waals surface area (Å²) in [7, 11) is 1.66. The lowest BCUT2D eigenvalue weighted by atomic mass is 10.2. The predicted octanol–water partition coefficient (Wildman–Crippen LogP) is 2.74. The molecule has 2 aromatic heterocycles. The monoisotopic (exact) mass is 453 g/mol. The molecule has 0 spiro atoms. The van der Waals surface area contributed by atoms with Gasteiger partial charge >= 0.3 is 0 Å². The fourth-order valence-corrected chi connectivity index (χ4v) is 4.50. The van der Waals surface area contributed by atoms with Crippen LogP contribution in [-0.2, 0) is 13.1 Å². The number of hydrogen-bond acceptors (Lipinski definition) is 7. The summed E-state index contributed by atoms with van der Waals surface area (Å²) in [4.78, 5) is 33.6. The molecule has 3 heterocycles. The van der Waals surface area contributed by atoms with Gasteiger partial charge in [0.1, 0.15) is 16.5 Å². The van der Waals surface area contributed by atoms with Gasteiger partial charge in [0.05, 0.1) is 12.8 Å². The number of benzene rings is 1. The maximum absolute atomic E-state index is 12.8. The Balaban J connectivity index is 1.33. The van der Waals surface area contributed by atoms with Gasteiger partial charge in [0, 0.05) is 56.3 Å². The Morgan fingerprint density at radius 1 is 1.09 bits per heavy atom. The lowest BCUT2D eigenvalue weighted by molar-refractivity contribution is 0.0618. The standard InChI is InChI=1S/C23H27N5O3S/c1-3-10-28-21(29)9-8-20(25-28)23(30)27-13-11-26(12-14-27)15-18-16-32-22(24-18)17-4-6-19(31-2)7-5-17/h4-9,16H,3,10-15H2,1-2H3. The highest BCUT2D eigenvalue weighted by Gasteiger charge is 2.24. The van der Waals surface area contributed by atoms with Crippen LogP contribution in [-0.4, -0.2) is 63.8 Å². The number of carbonyl (C=O) groups is 1. The van der Waals surface area contributed by atoms with Gasteiger partial charge in [-0.25, -0.2) is 9.67 Å². The number of methoxy groups -OCH3 is 1. The summed E-state index contributed by atoms with van der Waals surface area (Å²) >= 11 is 1.63. The molecule has 1 saturated heterocycles. The number of ether oxygens (including phenoxy) is 1. The molecule has 1 fully saturated rings. The van der Waals surface area contributed by atoms with E-state index in [9.17, 15) is 9.59 Å². The molecule has 32 heavy (non-hydrogen) atoms. The lowest BCUT2D eigenvalue weighted by Gasteiger charge is -2.34. The highest BCUT2D eigenvalue weighted by molar-refractivity contribution is 7.13. The molecule has 0 N–H and O–H groups in total. The topological polar surface area (TPSA) is 80.6 Å². The Bertz CT molecular complexity index is 1120. The highest BCUT2D eigenvalue weighted by Crippen LogP contribution is 2.26. The maximum Gasteiger partial charge on any atom is 0.274 e. The molecule has 4 rings (SSSR count). The van der Waals surface area contributed by atoms with E-state index in [0.717, 1.165) is 48.1 Å². The molecule has 1 aliphatic heterocycles. The number of carbonyl (C=O) groups excluding carboxylic acids is 1. The van der Waals surface area contributed by atoms with E-state index in [0.29, 0.717) is 25.3 Å². The third-order valence-corrected chi connectivity index (χ3v) is 6.40. The SMILES string of the molecule is CCCn1nc(C(=O)N2CCN(Cc3csc(-c4ccc(OC)cc4)n3)CC2)ccc1=O. The van der Waals surface area contributed by atoms with E-state index in [1.807, 2.05) is 36.1 Å². The molecule has 0 radical (unpaired) electrons. The zero-order valence-corrected chi connectivity index (χ0v) is 19.2. The van der Waals surface area contributed by atoms with E-state index in [-0.39, 0.29) is 11.5 Å². The van der Waals surface area contributed by atoms with Gasteiger partial charge in [-0.2, -0.15) is 5.10 Å². The zero-order chi connectivity index (χ0) is 22.5. The predicted molar refractivity (Wildman–Crippen MR) is 124 cm³/mol. The normalized spacial score (nSPS) is 14.5. The summed E-state index contributed by atoms with van der Waals surface area (Å²) in [6, 6.07) is 10.9. The van der Waals surface area contributed by atoms with E-state index in [1.165, 1.54) is 16.8 Å². The van der Waals surface area contributed by atoms with Crippen molar-refractivity contribution < 1.29 is 9.53 Å². The molecule has 3 aromatic rings. The van der Waals surface area contributed by atoms with Crippen molar-refractivity contribution in [2.75, 3.05) is 33.3 Å². The summed E-state index contributed by atoms with van der Waals surface area (Å²) in [5.74, 6) is 0.710. The summed E-state index contributed by atoms with van der Waals surface area (Å²) in [5, 5.41) is 7.33. The van der Waals surface area contributed by atoms with Crippen molar-refractivity contribution in [2.24, 2.45) is 0 Å². The fraction of sp³-hybridized carbons (Fsp3) is 0.391. The second kappa shape index (κ2) is 10.1. The molecule has 0 bridgehead atoms. The van der Waals surface area contributed by atoms with Crippen molar-refractivity contribution in [1.29, 1.82) is 0 Å². The molecule has 9 heteroatoms. The van der Waals surface area contributed by atoms with E-state index < -0.39 is 0 Å². The molecule has 168 valence electrons. The van der Waals surface area contributed by atoms with Crippen molar-refractivity contribution in [3.63, 3.8) is 0 Å². The van der Waals surface area contributed by atoms with Crippen LogP contribution < -0.4 is 10.3 Å². The van der Waals surface area contributed by atoms with Gasteiger partial charge in [-0.3, -0.25) is 14.5 Å². The molecule has 1 aromatic carbocycles. The molecule has 0 unspecified atom stereocenters. The number of amides is 1. The summed E-state index contributed by atoms with van der Waals surface area (Å²) in [6.07, 6.45) is 0.792. The van der Waals surface area contributed by atoms with Gasteiger partial charge in [0.25, 0.3) is 11.5 Å². The van der Waals surface area contributed by atoms with Gasteiger partial charge in [-0.15, -0.1) is 11.3 Å². The van der Waals surface area contributed by atoms with Crippen LogP contribution in [0.25, 0.3) is 10.6 Å². The minimum atomic E-state index is -0.175. The minimum Gasteiger partial charge on any atom is -0.497 e. The van der Waals surface area contributed by atoms with E-state index >= 15 is 0 Å². The van der Waals surface area contributed by atoms with Crippen molar-refractivity contribution in [3.05, 3.63) is 63.5 Å². The van der Waals surface area contributed by atoms with Crippen LogP contribution in [0.2, 0.25) is 0 Å². The Morgan fingerprint density at radius 2 is 1.84 bits per heavy atom. The van der Waals surface area contributed by atoms with Crippen LogP contribution in [0, 0.1) is 0 Å². The molecule has 1 amide bonds. The largest absolute Gasteiger partial charge is 0.497 e. The van der Waals surface area contributed by atoms with Gasteiger partial charge < -0.3 is 9.64 Å². The van der Waals surface area contributed by atoms with E-state index in [1.54, 1.807) is 18.4 Å². The maximum atomic E-state index is 12.8. The molecule has 0 saturated carbocycles. The van der Waals surface area contributed by atoms with Crippen LogP contribution in [0.15, 0.2) is 46.6 Å². The Morgan fingerprint density at radius 3 is 2.53 bits per heavy atom. The van der Waals surface area contributed by atoms with Crippen molar-refractivity contribution in [2.45, 2.75) is 26.4 Å². The van der Waals surface area contributed by atoms with Crippen molar-refractivity contribution in [1.82, 2.24) is 24.6 Å². The van der Waals surface area contributed by atoms with E-state index in [2.05, 4.69) is 15.4 Å². The third kappa shape index (κ3) is 5.05. The van der Waals surface area contributed by atoms with E-state index in [4.69, 9.17) is 9.72 Å². The number of thiazole rings is 1. The number of aromatic nitrogens is 3. The zero-order valence-electron chi connectivity index (χ0n) is 18.4. The van der Waals surface area contributed by atoms with Gasteiger partial charge in [0.15, 0.2) is 0 Å². The first-order valence-corrected chi connectivity index (χ1v) is 11.6. The number of piperazine rings is 1. The molecule has 1 aliphatic rings.